The largest absolute Gasteiger partial charge is 0.388 e. The Labute approximate surface area is 185 Å². The maximum absolute atomic E-state index is 12.1. The first-order chi connectivity index (χ1) is 14.6. The van der Waals surface area contributed by atoms with Crippen molar-refractivity contribution < 1.29 is 9.90 Å². The second-order valence-corrected chi connectivity index (χ2v) is 7.91. The third kappa shape index (κ3) is 18.2. The van der Waals surface area contributed by atoms with Gasteiger partial charge in [-0.2, -0.15) is 0 Å². The molecule has 0 rings (SSSR count). The summed E-state index contributed by atoms with van der Waals surface area (Å²) in [5.41, 5.74) is -0.782. The highest BCUT2D eigenvalue weighted by molar-refractivity contribution is 5.87. The van der Waals surface area contributed by atoms with Crippen LogP contribution in [0.25, 0.3) is 0 Å². The molecule has 0 bridgehead atoms. The molecule has 0 aromatic carbocycles. The number of allylic oxidation sites excluding steroid dienone is 9. The quantitative estimate of drug-likeness (QED) is 0.144. The third-order valence-electron chi connectivity index (χ3n) is 4.99. The maximum Gasteiger partial charge on any atom is 0.244 e. The van der Waals surface area contributed by atoms with Gasteiger partial charge in [-0.05, 0) is 32.6 Å². The summed E-state index contributed by atoms with van der Waals surface area (Å²) >= 11 is 0. The molecule has 2 N–H and O–H groups in total. The molecule has 0 saturated carbocycles. The van der Waals surface area contributed by atoms with Crippen LogP contribution in [-0.4, -0.2) is 23.2 Å². The zero-order valence-corrected chi connectivity index (χ0v) is 19.6. The predicted octanol–water partition coefficient (Wildman–Crippen LogP) is 6.97. The number of aliphatic hydroxyl groups is 1. The van der Waals surface area contributed by atoms with Crippen LogP contribution < -0.4 is 5.32 Å². The molecule has 0 heterocycles. The van der Waals surface area contributed by atoms with Crippen molar-refractivity contribution in [2.45, 2.75) is 97.0 Å². The van der Waals surface area contributed by atoms with Gasteiger partial charge in [-0.3, -0.25) is 4.79 Å². The Kier molecular flexibility index (Phi) is 19.1. The molecular weight excluding hydrogens is 370 g/mol. The molecule has 3 heteroatoms. The van der Waals surface area contributed by atoms with Crippen LogP contribution in [-0.2, 0) is 4.79 Å². The van der Waals surface area contributed by atoms with Crippen molar-refractivity contribution in [2.75, 3.05) is 6.54 Å². The van der Waals surface area contributed by atoms with E-state index in [0.717, 1.165) is 57.8 Å². The number of rotatable bonds is 18. The van der Waals surface area contributed by atoms with Crippen LogP contribution in [0, 0.1) is 0 Å². The van der Waals surface area contributed by atoms with Gasteiger partial charge in [0.25, 0.3) is 0 Å². The normalized spacial score (nSPS) is 14.7. The molecule has 0 aliphatic rings. The summed E-state index contributed by atoms with van der Waals surface area (Å²) in [4.78, 5) is 12.1. The number of unbranched alkanes of at least 4 members (excludes halogenated alkanes) is 6. The standard InChI is InChI=1S/C27H45NO2/c1-4-7-10-12-13-14-15-16-17-18-19-22-26(29)28-25-27(30,23-20-9-6-3)24-21-11-8-5-2/h4,7,10,12-14,17-19,22,30H,5-6,8-9,11,15-16,20-21,23-25H2,1-3H3,(H,28,29). The summed E-state index contributed by atoms with van der Waals surface area (Å²) in [5.74, 6) is -0.142. The summed E-state index contributed by atoms with van der Waals surface area (Å²) in [6.45, 7) is 6.68. The lowest BCUT2D eigenvalue weighted by Gasteiger charge is -2.28. The van der Waals surface area contributed by atoms with Crippen LogP contribution >= 0.6 is 0 Å². The highest BCUT2D eigenvalue weighted by atomic mass is 16.3. The molecule has 30 heavy (non-hydrogen) atoms. The lowest BCUT2D eigenvalue weighted by molar-refractivity contribution is -0.118. The lowest BCUT2D eigenvalue weighted by atomic mass is 9.90. The van der Waals surface area contributed by atoms with Crippen molar-refractivity contribution in [3.05, 3.63) is 60.8 Å². The van der Waals surface area contributed by atoms with E-state index < -0.39 is 5.60 Å². The van der Waals surface area contributed by atoms with Crippen LogP contribution in [0.4, 0.5) is 0 Å². The second-order valence-electron chi connectivity index (χ2n) is 7.91. The van der Waals surface area contributed by atoms with E-state index >= 15 is 0 Å². The Morgan fingerprint density at radius 3 is 2.00 bits per heavy atom. The number of amides is 1. The minimum Gasteiger partial charge on any atom is -0.388 e. The van der Waals surface area contributed by atoms with Gasteiger partial charge >= 0.3 is 0 Å². The molecule has 0 spiro atoms. The van der Waals surface area contributed by atoms with Crippen LogP contribution in [0.1, 0.15) is 91.4 Å². The van der Waals surface area contributed by atoms with Gasteiger partial charge in [-0.25, -0.2) is 0 Å². The molecule has 0 fully saturated rings. The van der Waals surface area contributed by atoms with Gasteiger partial charge in [-0.1, -0.05) is 113 Å². The van der Waals surface area contributed by atoms with E-state index in [9.17, 15) is 9.90 Å². The summed E-state index contributed by atoms with van der Waals surface area (Å²) in [5, 5.41) is 13.9. The topological polar surface area (TPSA) is 49.3 Å². The van der Waals surface area contributed by atoms with Gasteiger partial charge in [0.05, 0.1) is 5.60 Å². The third-order valence-corrected chi connectivity index (χ3v) is 4.99. The number of carbonyl (C=O) groups excluding carboxylic acids is 1. The Hall–Kier alpha value is -1.87. The van der Waals surface area contributed by atoms with Crippen molar-refractivity contribution in [1.82, 2.24) is 5.32 Å². The molecule has 1 unspecified atom stereocenters. The zero-order valence-electron chi connectivity index (χ0n) is 19.6. The first-order valence-corrected chi connectivity index (χ1v) is 11.9. The summed E-state index contributed by atoms with van der Waals surface area (Å²) < 4.78 is 0. The maximum atomic E-state index is 12.1. The molecule has 170 valence electrons. The number of nitrogens with one attached hydrogen (secondary N) is 1. The van der Waals surface area contributed by atoms with Crippen molar-refractivity contribution in [3.63, 3.8) is 0 Å². The van der Waals surface area contributed by atoms with Gasteiger partial charge in [0, 0.05) is 12.6 Å². The average Bonchev–Trinajstić information content (AvgIpc) is 2.74. The van der Waals surface area contributed by atoms with Gasteiger partial charge in [0.2, 0.25) is 5.91 Å². The van der Waals surface area contributed by atoms with Crippen molar-refractivity contribution in [3.8, 4) is 0 Å². The Bertz CT molecular complexity index is 557. The summed E-state index contributed by atoms with van der Waals surface area (Å²) in [6, 6.07) is 0. The number of hydrogen-bond acceptors (Lipinski definition) is 2. The Balaban J connectivity index is 4.25. The predicted molar refractivity (Wildman–Crippen MR) is 131 cm³/mol. The molecule has 0 aliphatic heterocycles. The van der Waals surface area contributed by atoms with Crippen LogP contribution in [0.15, 0.2) is 60.8 Å². The highest BCUT2D eigenvalue weighted by Crippen LogP contribution is 2.22. The first kappa shape index (κ1) is 28.1. The highest BCUT2D eigenvalue weighted by Gasteiger charge is 2.26. The van der Waals surface area contributed by atoms with Crippen molar-refractivity contribution in [1.29, 1.82) is 0 Å². The molecular formula is C27H45NO2. The van der Waals surface area contributed by atoms with E-state index in [4.69, 9.17) is 0 Å². The van der Waals surface area contributed by atoms with Gasteiger partial charge in [0.1, 0.15) is 0 Å². The Morgan fingerprint density at radius 2 is 1.37 bits per heavy atom. The molecule has 3 nitrogen and oxygen atoms in total. The molecule has 0 saturated heterocycles. The Morgan fingerprint density at radius 1 is 0.800 bits per heavy atom. The number of carbonyl (C=O) groups is 1. The number of hydrogen-bond donors (Lipinski definition) is 2. The van der Waals surface area contributed by atoms with Gasteiger partial charge in [0.15, 0.2) is 0 Å². The van der Waals surface area contributed by atoms with Crippen LogP contribution in [0.5, 0.6) is 0 Å². The van der Waals surface area contributed by atoms with Crippen LogP contribution in [0.2, 0.25) is 0 Å². The second kappa shape index (κ2) is 20.4. The van der Waals surface area contributed by atoms with E-state index in [1.165, 1.54) is 18.9 Å². The van der Waals surface area contributed by atoms with E-state index in [1.807, 2.05) is 43.4 Å². The van der Waals surface area contributed by atoms with E-state index in [1.54, 1.807) is 6.08 Å². The fourth-order valence-electron chi connectivity index (χ4n) is 3.12. The SMILES string of the molecule is CC=CC=CC=CCCC=CC=CC(=O)NCC(O)(CCCCC)CCCCCC. The monoisotopic (exact) mass is 415 g/mol. The molecule has 0 aromatic rings. The van der Waals surface area contributed by atoms with Crippen LogP contribution in [0.3, 0.4) is 0 Å². The van der Waals surface area contributed by atoms with E-state index in [0.29, 0.717) is 6.54 Å². The van der Waals surface area contributed by atoms with E-state index in [2.05, 4.69) is 31.3 Å². The van der Waals surface area contributed by atoms with Crippen molar-refractivity contribution >= 4 is 5.91 Å². The molecule has 1 amide bonds. The minimum absolute atomic E-state index is 0.142. The molecule has 0 radical (unpaired) electrons. The average molecular weight is 416 g/mol. The summed E-state index contributed by atoms with van der Waals surface area (Å²) in [6.07, 6.45) is 30.7. The fraction of sp³-hybridized carbons (Fsp3) is 0.593. The molecule has 0 aromatic heterocycles. The van der Waals surface area contributed by atoms with Gasteiger partial charge < -0.3 is 10.4 Å². The zero-order chi connectivity index (χ0) is 22.3. The summed E-state index contributed by atoms with van der Waals surface area (Å²) in [7, 11) is 0. The molecule has 0 aliphatic carbocycles. The fourth-order valence-corrected chi connectivity index (χ4v) is 3.12. The lowest BCUT2D eigenvalue weighted by Crippen LogP contribution is -2.42. The first-order valence-electron chi connectivity index (χ1n) is 11.9. The smallest absolute Gasteiger partial charge is 0.244 e. The minimum atomic E-state index is -0.782. The molecule has 1 atom stereocenters. The van der Waals surface area contributed by atoms with E-state index in [-0.39, 0.29) is 5.91 Å². The van der Waals surface area contributed by atoms with Crippen molar-refractivity contribution in [2.24, 2.45) is 0 Å². The van der Waals surface area contributed by atoms with Gasteiger partial charge in [-0.15, -0.1) is 0 Å².